The van der Waals surface area contributed by atoms with Crippen molar-refractivity contribution in [3.63, 3.8) is 0 Å². The van der Waals surface area contributed by atoms with Crippen LogP contribution in [0.25, 0.3) is 0 Å². The Labute approximate surface area is 326 Å². The number of phenols is 1. The maximum absolute atomic E-state index is 13.6. The molecule has 1 aromatic heterocycles. The van der Waals surface area contributed by atoms with Crippen molar-refractivity contribution in [2.75, 3.05) is 28.7 Å². The van der Waals surface area contributed by atoms with Gasteiger partial charge in [-0.2, -0.15) is 0 Å². The summed E-state index contributed by atoms with van der Waals surface area (Å²) >= 11 is 3.75. The number of hydrazine groups is 2. The minimum atomic E-state index is -1.54. The first-order valence-corrected chi connectivity index (χ1v) is 17.8. The zero-order valence-corrected chi connectivity index (χ0v) is 32.2. The van der Waals surface area contributed by atoms with Gasteiger partial charge in [-0.05, 0) is 29.2 Å². The molecule has 51 heavy (non-hydrogen) atoms. The number of aromatic amines is 1. The third-order valence-corrected chi connectivity index (χ3v) is 10.6. The zero-order valence-electron chi connectivity index (χ0n) is 27.8. The number of rotatable bonds is 13. The molecule has 0 radical (unpaired) electrons. The van der Waals surface area contributed by atoms with Crippen molar-refractivity contribution in [2.45, 2.75) is 38.2 Å². The number of thioether (sulfide) groups is 2. The van der Waals surface area contributed by atoms with E-state index in [1.54, 1.807) is 6.20 Å². The summed E-state index contributed by atoms with van der Waals surface area (Å²) in [6, 6.07) is 1.97. The number of urea groups is 1. The number of carbonyl (C=O) groups is 5. The number of aromatic hydroxyl groups is 1. The van der Waals surface area contributed by atoms with Crippen molar-refractivity contribution in [1.29, 1.82) is 0 Å². The number of aliphatic carboxylic acids is 1. The van der Waals surface area contributed by atoms with Gasteiger partial charge in [0.1, 0.15) is 28.9 Å². The first kappa shape index (κ1) is 39.9. The van der Waals surface area contributed by atoms with Crippen LogP contribution in [-0.4, -0.2) is 83.7 Å². The zero-order chi connectivity index (χ0) is 36.1. The van der Waals surface area contributed by atoms with Crippen molar-refractivity contribution >= 4 is 76.8 Å². The van der Waals surface area contributed by atoms with Crippen LogP contribution >= 0.6 is 35.5 Å². The van der Waals surface area contributed by atoms with Gasteiger partial charge in [-0.1, -0.05) is 30.5 Å². The van der Waals surface area contributed by atoms with Crippen LogP contribution in [0.4, 0.5) is 16.4 Å². The van der Waals surface area contributed by atoms with Crippen molar-refractivity contribution in [3.8, 4) is 5.75 Å². The smallest absolute Gasteiger partial charge is 0.543 e. The number of fused-ring (bicyclic) bond motifs is 1. The predicted octanol–water partition coefficient (Wildman–Crippen LogP) is -3.13. The summed E-state index contributed by atoms with van der Waals surface area (Å²) in [6.45, 7) is 5.87. The number of H-pyrrole nitrogens is 1. The van der Waals surface area contributed by atoms with Gasteiger partial charge in [0.2, 0.25) is 17.8 Å². The Kier molecular flexibility index (Phi) is 13.8. The second-order valence-electron chi connectivity index (χ2n) is 11.4. The molecular formula is C29H33N10NaO8S3. The van der Waals surface area contributed by atoms with E-state index in [-0.39, 0.29) is 75.6 Å². The Morgan fingerprint density at radius 1 is 1.18 bits per heavy atom. The van der Waals surface area contributed by atoms with E-state index >= 15 is 0 Å². The van der Waals surface area contributed by atoms with Crippen molar-refractivity contribution in [1.82, 2.24) is 40.9 Å². The minimum absolute atomic E-state index is 0. The number of nitrogens with zero attached hydrogens (tertiary/aromatic N) is 3. The number of benzene rings is 1. The molecule has 3 aliphatic heterocycles. The Bertz CT molecular complexity index is 1810. The number of aromatic nitrogens is 2. The number of amides is 5. The van der Waals surface area contributed by atoms with E-state index in [1.165, 1.54) is 71.2 Å². The molecule has 0 aliphatic carbocycles. The SMILES string of the molecule is CC(=O)NN1NC=C(SCC2=C(C(=O)[O-])N3C(=O)C(NC(=O)[C@H](NC(=O)Nc4cnc(NCC(C)C)[nH]c4=O)c4ccc(O)cc4)[C@H]3SC2)S1.[Na+]. The predicted molar refractivity (Wildman–Crippen MR) is 185 cm³/mol. The van der Waals surface area contributed by atoms with Gasteiger partial charge < -0.3 is 36.3 Å². The van der Waals surface area contributed by atoms with Gasteiger partial charge in [-0.15, -0.1) is 23.5 Å². The molecule has 22 heteroatoms. The quantitative estimate of drug-likeness (QED) is 0.0570. The molecule has 1 saturated heterocycles. The van der Waals surface area contributed by atoms with Gasteiger partial charge in [0, 0.05) is 43.1 Å². The van der Waals surface area contributed by atoms with Crippen LogP contribution in [0, 0.1) is 5.92 Å². The molecule has 3 aliphatic rings. The van der Waals surface area contributed by atoms with E-state index in [4.69, 9.17) is 0 Å². The maximum Gasteiger partial charge on any atom is 1.00 e. The number of carboxylic acid groups (broad SMARTS) is 1. The average Bonchev–Trinajstić information content (AvgIpc) is 3.51. The Hall–Kier alpha value is -3.86. The Morgan fingerprint density at radius 2 is 1.90 bits per heavy atom. The monoisotopic (exact) mass is 768 g/mol. The summed E-state index contributed by atoms with van der Waals surface area (Å²) in [5.41, 5.74) is 4.98. The third-order valence-electron chi connectivity index (χ3n) is 7.16. The second-order valence-corrected chi connectivity index (χ2v) is 14.8. The summed E-state index contributed by atoms with van der Waals surface area (Å²) in [5.74, 6) is -2.43. The summed E-state index contributed by atoms with van der Waals surface area (Å²) in [5, 5.41) is 31.7. The van der Waals surface area contributed by atoms with Crippen molar-refractivity contribution < 1.29 is 63.7 Å². The van der Waals surface area contributed by atoms with Crippen LogP contribution in [0.15, 0.2) is 57.0 Å². The molecule has 0 spiro atoms. The van der Waals surface area contributed by atoms with E-state index in [1.807, 2.05) is 13.8 Å². The number of anilines is 2. The normalized spacial score (nSPS) is 18.7. The summed E-state index contributed by atoms with van der Waals surface area (Å²) in [7, 11) is 0. The first-order valence-electron chi connectivity index (χ1n) is 15.0. The number of phenolic OH excluding ortho intramolecular Hbond substituents is 1. The molecule has 8 N–H and O–H groups in total. The van der Waals surface area contributed by atoms with Crippen LogP contribution in [0.3, 0.4) is 0 Å². The topological polar surface area (TPSA) is 253 Å². The van der Waals surface area contributed by atoms with E-state index in [2.05, 4.69) is 42.1 Å². The van der Waals surface area contributed by atoms with Crippen LogP contribution in [0.5, 0.6) is 5.75 Å². The number of carboxylic acids is 1. The van der Waals surface area contributed by atoms with Crippen LogP contribution in [0.1, 0.15) is 32.4 Å². The van der Waals surface area contributed by atoms with Gasteiger partial charge in [-0.3, -0.25) is 39.9 Å². The molecule has 0 bridgehead atoms. The molecule has 3 atom stereocenters. The molecule has 1 fully saturated rings. The van der Waals surface area contributed by atoms with Gasteiger partial charge >= 0.3 is 35.6 Å². The maximum atomic E-state index is 13.6. The summed E-state index contributed by atoms with van der Waals surface area (Å²) < 4.78 is 2.13. The van der Waals surface area contributed by atoms with Gasteiger partial charge in [0.15, 0.2) is 0 Å². The summed E-state index contributed by atoms with van der Waals surface area (Å²) in [6.07, 6.45) is 2.80. The molecule has 18 nitrogen and oxygen atoms in total. The average molecular weight is 769 g/mol. The fourth-order valence-corrected chi connectivity index (χ4v) is 8.17. The molecule has 266 valence electrons. The molecule has 5 amide bonds. The Balaban J connectivity index is 0.00000583. The molecular weight excluding hydrogens is 736 g/mol. The van der Waals surface area contributed by atoms with E-state index in [0.29, 0.717) is 18.0 Å². The fraction of sp³-hybridized carbons (Fsp3) is 0.345. The van der Waals surface area contributed by atoms with Crippen LogP contribution < -0.4 is 72.3 Å². The van der Waals surface area contributed by atoms with E-state index in [9.17, 15) is 39.0 Å². The van der Waals surface area contributed by atoms with Gasteiger partial charge in [0.25, 0.3) is 11.5 Å². The van der Waals surface area contributed by atoms with Crippen molar-refractivity contribution in [2.24, 2.45) is 5.92 Å². The van der Waals surface area contributed by atoms with Crippen molar-refractivity contribution in [3.05, 3.63) is 68.1 Å². The number of hydrogen-bond donors (Lipinski definition) is 8. The van der Waals surface area contributed by atoms with Gasteiger partial charge in [0.05, 0.1) is 22.1 Å². The third kappa shape index (κ3) is 9.93. The molecule has 2 aromatic rings. The molecule has 1 aromatic carbocycles. The van der Waals surface area contributed by atoms with E-state index < -0.39 is 46.8 Å². The number of nitrogens with one attached hydrogen (secondary N) is 7. The number of hydrogen-bond acceptors (Lipinski definition) is 15. The standard InChI is InChI=1S/C29H34N10O8S3.Na/c1-13(2)8-30-28-31-9-18(23(42)36-28)33-29(47)35-20(15-4-6-17(41)7-5-15)24(43)34-21-25(44)38-22(27(45)46)16(12-49-26(21)38)11-48-19-10-32-39(50-19)37-14(3)40;/h4-7,9-10,13,20-21,26,32,41H,8,11-12H2,1-3H3,(H,34,43)(H,37,40)(H,45,46)(H2,33,35,47)(H2,30,31,36,42);/q;+1/p-1/t20-,21?,26-;/m1./s1. The number of carbonyl (C=O) groups excluding carboxylic acids is 5. The number of β-lactam (4-membered cyclic amide) rings is 1. The first-order chi connectivity index (χ1) is 23.8. The van der Waals surface area contributed by atoms with E-state index in [0.717, 1.165) is 15.3 Å². The fourth-order valence-electron chi connectivity index (χ4n) is 4.83. The minimum Gasteiger partial charge on any atom is -0.543 e. The largest absolute Gasteiger partial charge is 1.00 e. The second kappa shape index (κ2) is 17.6. The molecule has 4 heterocycles. The van der Waals surface area contributed by atoms with Gasteiger partial charge in [-0.25, -0.2) is 9.78 Å². The van der Waals surface area contributed by atoms with Crippen LogP contribution in [-0.2, 0) is 19.2 Å². The molecule has 5 rings (SSSR count). The Morgan fingerprint density at radius 3 is 2.55 bits per heavy atom. The molecule has 1 unspecified atom stereocenters. The van der Waals surface area contributed by atoms with Crippen LogP contribution in [0.2, 0.25) is 0 Å². The summed E-state index contributed by atoms with van der Waals surface area (Å²) in [4.78, 5) is 83.7. The molecule has 0 saturated carbocycles.